The van der Waals surface area contributed by atoms with Crippen molar-refractivity contribution in [1.29, 1.82) is 0 Å². The molecule has 1 heterocycles. The Morgan fingerprint density at radius 2 is 1.88 bits per heavy atom. The minimum absolute atomic E-state index is 0.948. The zero-order valence-corrected chi connectivity index (χ0v) is 11.6. The van der Waals surface area contributed by atoms with Gasteiger partial charge in [0.05, 0.1) is 0 Å². The summed E-state index contributed by atoms with van der Waals surface area (Å²) in [6, 6.07) is 4.17. The summed E-state index contributed by atoms with van der Waals surface area (Å²) in [6.45, 7) is 13.7. The van der Waals surface area contributed by atoms with E-state index in [4.69, 9.17) is 0 Å². The van der Waals surface area contributed by atoms with Gasteiger partial charge in [-0.15, -0.1) is 0 Å². The van der Waals surface area contributed by atoms with Gasteiger partial charge >= 0.3 is 0 Å². The van der Waals surface area contributed by atoms with E-state index in [1.165, 1.54) is 5.56 Å². The second-order valence-electron chi connectivity index (χ2n) is 2.67. The van der Waals surface area contributed by atoms with E-state index >= 15 is 0 Å². The third kappa shape index (κ3) is 6.23. The van der Waals surface area contributed by atoms with Gasteiger partial charge < -0.3 is 4.57 Å². The van der Waals surface area contributed by atoms with Gasteiger partial charge in [-0.2, -0.15) is 0 Å². The minimum Gasteiger partial charge on any atom is -0.336 e. The van der Waals surface area contributed by atoms with E-state index < -0.39 is 0 Å². The lowest BCUT2D eigenvalue weighted by Crippen LogP contribution is -2.16. The highest BCUT2D eigenvalue weighted by atomic mass is 15.0. The van der Waals surface area contributed by atoms with Crippen molar-refractivity contribution in [3.8, 4) is 0 Å². The van der Waals surface area contributed by atoms with Gasteiger partial charge in [0.2, 0.25) is 0 Å². The molecule has 0 atom stereocenters. The van der Waals surface area contributed by atoms with Crippen LogP contribution >= 0.6 is 0 Å². The maximum Gasteiger partial charge on any atom is 0.132 e. The van der Waals surface area contributed by atoms with Crippen LogP contribution in [0.2, 0.25) is 0 Å². The zero-order valence-electron chi connectivity index (χ0n) is 11.6. The average molecular weight is 222 g/mol. The van der Waals surface area contributed by atoms with Crippen molar-refractivity contribution >= 4 is 0 Å². The molecule has 92 valence electrons. The monoisotopic (exact) mass is 222 g/mol. The first-order chi connectivity index (χ1) is 7.77. The van der Waals surface area contributed by atoms with Crippen LogP contribution in [0.25, 0.3) is 0 Å². The maximum atomic E-state index is 4.14. The third-order valence-corrected chi connectivity index (χ3v) is 1.82. The first-order valence-corrected chi connectivity index (χ1v) is 6.08. The third-order valence-electron chi connectivity index (χ3n) is 1.82. The van der Waals surface area contributed by atoms with Gasteiger partial charge in [0.1, 0.15) is 5.49 Å². The van der Waals surface area contributed by atoms with Crippen molar-refractivity contribution < 1.29 is 0 Å². The summed E-state index contributed by atoms with van der Waals surface area (Å²) < 4.78 is 1.97. The molecule has 0 radical (unpaired) electrons. The van der Waals surface area contributed by atoms with Crippen molar-refractivity contribution in [1.82, 2.24) is 4.57 Å². The molecule has 0 N–H and O–H groups in total. The Balaban J connectivity index is 0. The zero-order chi connectivity index (χ0) is 13.0. The van der Waals surface area contributed by atoms with Gasteiger partial charge in [-0.05, 0) is 24.1 Å². The number of nitrogens with zero attached hydrogens (tertiary/aromatic N) is 2. The fraction of sp³-hybridized carbons (Fsp3) is 0.500. The molecular formula is C14H26N2. The topological polar surface area (TPSA) is 17.3 Å². The molecule has 1 aromatic heterocycles. The molecule has 0 spiro atoms. The predicted molar refractivity (Wildman–Crippen MR) is 73.2 cm³/mol. The molecule has 0 saturated heterocycles. The highest BCUT2D eigenvalue weighted by Gasteiger charge is 1.89. The first-order valence-electron chi connectivity index (χ1n) is 6.08. The van der Waals surface area contributed by atoms with Crippen molar-refractivity contribution in [3.05, 3.63) is 42.2 Å². The molecule has 0 aliphatic rings. The molecule has 0 unspecified atom stereocenters. The summed E-state index contributed by atoms with van der Waals surface area (Å²) in [7, 11) is 1.97. The molecular weight excluding hydrogens is 196 g/mol. The normalized spacial score (nSPS) is 9.50. The van der Waals surface area contributed by atoms with Crippen LogP contribution in [-0.4, -0.2) is 4.57 Å². The van der Waals surface area contributed by atoms with E-state index in [1.54, 1.807) is 6.20 Å². The number of aromatic nitrogens is 1. The molecule has 0 aliphatic heterocycles. The van der Waals surface area contributed by atoms with Crippen LogP contribution in [-0.2, 0) is 13.5 Å². The predicted octanol–water partition coefficient (Wildman–Crippen LogP) is 3.68. The van der Waals surface area contributed by atoms with Crippen LogP contribution < -0.4 is 5.49 Å². The van der Waals surface area contributed by atoms with Gasteiger partial charge in [0.25, 0.3) is 0 Å². The number of hydrogen-bond donors (Lipinski definition) is 0. The Labute approximate surface area is 100 Å². The van der Waals surface area contributed by atoms with Gasteiger partial charge in [0.15, 0.2) is 0 Å². The molecule has 0 amide bonds. The Morgan fingerprint density at radius 3 is 2.31 bits per heavy atom. The molecule has 1 aromatic rings. The summed E-state index contributed by atoms with van der Waals surface area (Å²) in [6.07, 6.45) is 4.62. The second-order valence-corrected chi connectivity index (χ2v) is 2.67. The summed E-state index contributed by atoms with van der Waals surface area (Å²) >= 11 is 0. The van der Waals surface area contributed by atoms with Gasteiger partial charge in [-0.25, -0.2) is 4.99 Å². The Morgan fingerprint density at radius 1 is 1.31 bits per heavy atom. The summed E-state index contributed by atoms with van der Waals surface area (Å²) in [4.78, 5) is 4.14. The molecule has 0 aliphatic carbocycles. The van der Waals surface area contributed by atoms with Crippen LogP contribution in [0.4, 0.5) is 0 Å². The smallest absolute Gasteiger partial charge is 0.132 e. The largest absolute Gasteiger partial charge is 0.336 e. The first kappa shape index (κ1) is 17.1. The SMILES string of the molecule is C=CN=c1cc(CC)ccn1C.CC.CC. The maximum absolute atomic E-state index is 4.14. The summed E-state index contributed by atoms with van der Waals surface area (Å²) in [5.74, 6) is 0. The molecule has 0 saturated carbocycles. The lowest BCUT2D eigenvalue weighted by Gasteiger charge is -2.00. The lowest BCUT2D eigenvalue weighted by molar-refractivity contribution is 0.825. The molecule has 1 rings (SSSR count). The minimum atomic E-state index is 0.948. The van der Waals surface area contributed by atoms with Crippen molar-refractivity contribution in [2.24, 2.45) is 12.0 Å². The van der Waals surface area contributed by atoms with Crippen LogP contribution in [0, 0.1) is 0 Å². The van der Waals surface area contributed by atoms with Crippen LogP contribution in [0.15, 0.2) is 36.1 Å². The molecule has 0 bridgehead atoms. The van der Waals surface area contributed by atoms with Crippen LogP contribution in [0.5, 0.6) is 0 Å². The molecule has 0 fully saturated rings. The molecule has 2 nitrogen and oxygen atoms in total. The standard InChI is InChI=1S/C10H14N2.2C2H6/c1-4-9-6-7-12(3)10(8-9)11-5-2;2*1-2/h5-8H,2,4H2,1,3H3;2*1-2H3. The quantitative estimate of drug-likeness (QED) is 0.726. The average Bonchev–Trinajstić information content (AvgIpc) is 2.37. The highest BCUT2D eigenvalue weighted by Crippen LogP contribution is 1.93. The van der Waals surface area contributed by atoms with E-state index in [0.717, 1.165) is 11.9 Å². The van der Waals surface area contributed by atoms with Gasteiger partial charge in [-0.3, -0.25) is 0 Å². The molecule has 16 heavy (non-hydrogen) atoms. The number of pyridine rings is 1. The number of aryl methyl sites for hydroxylation is 2. The Bertz CT molecular complexity index is 335. The number of rotatable bonds is 2. The van der Waals surface area contributed by atoms with Gasteiger partial charge in [-0.1, -0.05) is 41.2 Å². The van der Waals surface area contributed by atoms with E-state index in [2.05, 4.69) is 30.6 Å². The summed E-state index contributed by atoms with van der Waals surface area (Å²) in [5, 5.41) is 0. The van der Waals surface area contributed by atoms with E-state index in [1.807, 2.05) is 45.5 Å². The van der Waals surface area contributed by atoms with Crippen molar-refractivity contribution in [3.63, 3.8) is 0 Å². The van der Waals surface area contributed by atoms with E-state index in [0.29, 0.717) is 0 Å². The fourth-order valence-electron chi connectivity index (χ4n) is 1.04. The Kier molecular flexibility index (Phi) is 12.6. The van der Waals surface area contributed by atoms with Crippen LogP contribution in [0.1, 0.15) is 40.2 Å². The van der Waals surface area contributed by atoms with Crippen molar-refractivity contribution in [2.75, 3.05) is 0 Å². The van der Waals surface area contributed by atoms with Gasteiger partial charge in [0, 0.05) is 19.4 Å². The summed E-state index contributed by atoms with van der Waals surface area (Å²) in [5.41, 5.74) is 2.25. The molecule has 2 heteroatoms. The van der Waals surface area contributed by atoms with E-state index in [9.17, 15) is 0 Å². The number of hydrogen-bond acceptors (Lipinski definition) is 1. The second kappa shape index (κ2) is 11.8. The van der Waals surface area contributed by atoms with E-state index in [-0.39, 0.29) is 0 Å². The van der Waals surface area contributed by atoms with Crippen LogP contribution in [0.3, 0.4) is 0 Å². The Hall–Kier alpha value is -1.31. The van der Waals surface area contributed by atoms with Crippen molar-refractivity contribution in [2.45, 2.75) is 41.0 Å². The lowest BCUT2D eigenvalue weighted by atomic mass is 10.2. The fourth-order valence-corrected chi connectivity index (χ4v) is 1.04. The molecule has 0 aromatic carbocycles. The highest BCUT2D eigenvalue weighted by molar-refractivity contribution is 5.10.